The Bertz CT molecular complexity index is 1380. The summed E-state index contributed by atoms with van der Waals surface area (Å²) < 4.78 is 6.37. The highest BCUT2D eigenvalue weighted by atomic mass is 16.5. The van der Waals surface area contributed by atoms with Crippen molar-refractivity contribution in [2.75, 3.05) is 40.6 Å². The lowest BCUT2D eigenvalue weighted by Crippen LogP contribution is -2.38. The number of ether oxygens (including phenoxy) is 1. The second-order valence-corrected chi connectivity index (χ2v) is 12.9. The zero-order chi connectivity index (χ0) is 31.1. The maximum atomic E-state index is 6.37. The predicted molar refractivity (Wildman–Crippen MR) is 188 cm³/mol. The Labute approximate surface area is 265 Å². The largest absolute Gasteiger partial charge is 0.381 e. The molecule has 1 fully saturated rings. The molecule has 0 radical (unpaired) electrons. The van der Waals surface area contributed by atoms with E-state index >= 15 is 0 Å². The van der Waals surface area contributed by atoms with Crippen molar-refractivity contribution in [1.29, 1.82) is 0 Å². The van der Waals surface area contributed by atoms with Gasteiger partial charge in [0.15, 0.2) is 0 Å². The number of nitrogens with one attached hydrogen (secondary N) is 2. The molecule has 2 atom stereocenters. The van der Waals surface area contributed by atoms with Crippen LogP contribution in [-0.4, -0.2) is 43.5 Å². The van der Waals surface area contributed by atoms with Gasteiger partial charge in [0.2, 0.25) is 0 Å². The highest BCUT2D eigenvalue weighted by Crippen LogP contribution is 2.37. The fourth-order valence-corrected chi connectivity index (χ4v) is 6.38. The van der Waals surface area contributed by atoms with E-state index in [1.165, 1.54) is 48.9 Å². The molecular weight excluding hydrogens is 542 g/mol. The van der Waals surface area contributed by atoms with Crippen molar-refractivity contribution in [2.45, 2.75) is 90.0 Å². The molecule has 1 aliphatic heterocycles. The molecule has 0 saturated heterocycles. The Balaban J connectivity index is 1.21. The molecule has 1 saturated carbocycles. The number of anilines is 4. The summed E-state index contributed by atoms with van der Waals surface area (Å²) in [6.07, 6.45) is 10.6. The number of fused-ring (bicyclic) bond motifs is 1. The number of likely N-dealkylation sites (N-methyl/N-ethyl adjacent to an activating group) is 1. The molecule has 0 amide bonds. The second-order valence-electron chi connectivity index (χ2n) is 12.9. The minimum Gasteiger partial charge on any atom is -0.381 e. The molecule has 1 aliphatic carbocycles. The topological polar surface area (TPSA) is 52.7 Å². The van der Waals surface area contributed by atoms with Gasteiger partial charge in [0.1, 0.15) is 12.0 Å². The fourth-order valence-electron chi connectivity index (χ4n) is 6.38. The number of aromatic nitrogens is 1. The Morgan fingerprint density at radius 3 is 2.52 bits per heavy atom. The molecule has 3 aromatic rings. The van der Waals surface area contributed by atoms with E-state index in [2.05, 4.69) is 115 Å². The summed E-state index contributed by atoms with van der Waals surface area (Å²) >= 11 is 0. The minimum atomic E-state index is 0.145. The van der Waals surface area contributed by atoms with E-state index in [9.17, 15) is 0 Å². The van der Waals surface area contributed by atoms with Crippen LogP contribution >= 0.6 is 0 Å². The van der Waals surface area contributed by atoms with Crippen LogP contribution in [0.5, 0.6) is 0 Å². The molecule has 2 N–H and O–H groups in total. The molecule has 6 heteroatoms. The lowest BCUT2D eigenvalue weighted by atomic mass is 9.97. The molecule has 44 heavy (non-hydrogen) atoms. The van der Waals surface area contributed by atoms with Crippen LogP contribution in [0.25, 0.3) is 5.70 Å². The molecule has 2 unspecified atom stereocenters. The van der Waals surface area contributed by atoms with Crippen molar-refractivity contribution in [2.24, 2.45) is 0 Å². The standard InChI is InChI=1S/C38H51N5O/c1-27(2)31-15-18-33(19-16-31)40-26-38-41-35-25-32(17-20-36(35)42(38)6)30(5)43(37-14-10-11-22-39-37)23-21-28(3)24-29(4)44-34-12-8-7-9-13-34/h10-11,14-20,22,25,27,29,34,38,40-41H,3,5,7-9,12-13,21,23-24,26H2,1-2,4,6H3. The summed E-state index contributed by atoms with van der Waals surface area (Å²) in [6.45, 7) is 17.2. The average molecular weight is 594 g/mol. The summed E-state index contributed by atoms with van der Waals surface area (Å²) in [5.41, 5.74) is 8.01. The van der Waals surface area contributed by atoms with E-state index in [1.54, 1.807) is 0 Å². The predicted octanol–water partition coefficient (Wildman–Crippen LogP) is 9.06. The molecule has 0 spiro atoms. The van der Waals surface area contributed by atoms with Gasteiger partial charge < -0.3 is 25.2 Å². The molecule has 234 valence electrons. The zero-order valence-corrected chi connectivity index (χ0v) is 27.2. The summed E-state index contributed by atoms with van der Waals surface area (Å²) in [5.74, 6) is 1.43. The first-order valence-electron chi connectivity index (χ1n) is 16.5. The van der Waals surface area contributed by atoms with Crippen LogP contribution in [0.4, 0.5) is 22.9 Å². The third-order valence-electron chi connectivity index (χ3n) is 9.07. The van der Waals surface area contributed by atoms with Crippen molar-refractivity contribution in [3.05, 3.63) is 96.7 Å². The van der Waals surface area contributed by atoms with Gasteiger partial charge in [0.05, 0.1) is 30.1 Å². The van der Waals surface area contributed by atoms with E-state index in [1.807, 2.05) is 18.3 Å². The van der Waals surface area contributed by atoms with E-state index in [-0.39, 0.29) is 12.3 Å². The van der Waals surface area contributed by atoms with Crippen molar-refractivity contribution in [3.63, 3.8) is 0 Å². The summed E-state index contributed by atoms with van der Waals surface area (Å²) in [7, 11) is 2.15. The molecule has 6 nitrogen and oxygen atoms in total. The van der Waals surface area contributed by atoms with Crippen molar-refractivity contribution < 1.29 is 4.74 Å². The Kier molecular flexibility index (Phi) is 10.6. The van der Waals surface area contributed by atoms with Gasteiger partial charge in [-0.2, -0.15) is 0 Å². The van der Waals surface area contributed by atoms with Gasteiger partial charge in [0, 0.05) is 31.2 Å². The molecule has 5 rings (SSSR count). The maximum Gasteiger partial charge on any atom is 0.132 e. The van der Waals surface area contributed by atoms with E-state index < -0.39 is 0 Å². The van der Waals surface area contributed by atoms with Gasteiger partial charge in [0.25, 0.3) is 0 Å². The van der Waals surface area contributed by atoms with E-state index in [0.717, 1.165) is 54.4 Å². The first-order chi connectivity index (χ1) is 21.3. The van der Waals surface area contributed by atoms with Crippen molar-refractivity contribution in [1.82, 2.24) is 4.98 Å². The van der Waals surface area contributed by atoms with Crippen LogP contribution < -0.4 is 20.4 Å². The molecule has 1 aromatic heterocycles. The highest BCUT2D eigenvalue weighted by Gasteiger charge is 2.27. The average Bonchev–Trinajstić information content (AvgIpc) is 3.35. The summed E-state index contributed by atoms with van der Waals surface area (Å²) in [4.78, 5) is 9.21. The summed E-state index contributed by atoms with van der Waals surface area (Å²) in [6, 6.07) is 21.4. The second kappa shape index (κ2) is 14.8. The van der Waals surface area contributed by atoms with Crippen LogP contribution in [0, 0.1) is 0 Å². The van der Waals surface area contributed by atoms with Crippen molar-refractivity contribution >= 4 is 28.6 Å². The monoisotopic (exact) mass is 593 g/mol. The van der Waals surface area contributed by atoms with Crippen LogP contribution in [-0.2, 0) is 4.74 Å². The van der Waals surface area contributed by atoms with Gasteiger partial charge in [-0.25, -0.2) is 4.98 Å². The number of benzene rings is 2. The Morgan fingerprint density at radius 2 is 1.82 bits per heavy atom. The third-order valence-corrected chi connectivity index (χ3v) is 9.07. The smallest absolute Gasteiger partial charge is 0.132 e. The van der Waals surface area contributed by atoms with Crippen LogP contribution in [0.3, 0.4) is 0 Å². The Hall–Kier alpha value is -3.77. The molecule has 2 aliphatic rings. The SMILES string of the molecule is C=C(CCN(C(=C)c1ccc2c(c1)NC(CNc1ccc(C(C)C)cc1)N2C)c1ccccn1)CC(C)OC1CCCCC1. The first kappa shape index (κ1) is 31.6. The number of pyridine rings is 1. The van der Waals surface area contributed by atoms with Gasteiger partial charge in [-0.15, -0.1) is 0 Å². The van der Waals surface area contributed by atoms with Crippen LogP contribution in [0.15, 0.2) is 85.6 Å². The van der Waals surface area contributed by atoms with Crippen LogP contribution in [0.2, 0.25) is 0 Å². The Morgan fingerprint density at radius 1 is 1.05 bits per heavy atom. The molecule has 2 heterocycles. The third kappa shape index (κ3) is 8.03. The number of rotatable bonds is 14. The van der Waals surface area contributed by atoms with Crippen molar-refractivity contribution in [3.8, 4) is 0 Å². The van der Waals surface area contributed by atoms with Crippen LogP contribution in [0.1, 0.15) is 82.8 Å². The molecule has 0 bridgehead atoms. The molecular formula is C38H51N5O. The number of hydrogen-bond acceptors (Lipinski definition) is 6. The van der Waals surface area contributed by atoms with Gasteiger partial charge in [-0.1, -0.05) is 76.1 Å². The lowest BCUT2D eigenvalue weighted by Gasteiger charge is -2.28. The zero-order valence-electron chi connectivity index (χ0n) is 27.2. The van der Waals surface area contributed by atoms with Gasteiger partial charge in [-0.3, -0.25) is 0 Å². The van der Waals surface area contributed by atoms with Gasteiger partial charge in [-0.05, 0) is 86.1 Å². The fraction of sp³-hybridized carbons (Fsp3) is 0.447. The van der Waals surface area contributed by atoms with Gasteiger partial charge >= 0.3 is 0 Å². The van der Waals surface area contributed by atoms with E-state index in [0.29, 0.717) is 12.0 Å². The quantitative estimate of drug-likeness (QED) is 0.182. The first-order valence-corrected chi connectivity index (χ1v) is 16.5. The number of hydrogen-bond donors (Lipinski definition) is 2. The lowest BCUT2D eigenvalue weighted by molar-refractivity contribution is -0.0204. The molecule has 2 aromatic carbocycles. The minimum absolute atomic E-state index is 0.145. The number of nitrogens with zero attached hydrogens (tertiary/aromatic N) is 3. The maximum absolute atomic E-state index is 6.37. The normalized spacial score (nSPS) is 17.2. The summed E-state index contributed by atoms with van der Waals surface area (Å²) in [5, 5.41) is 7.33. The van der Waals surface area contributed by atoms with E-state index in [4.69, 9.17) is 4.74 Å². The highest BCUT2D eigenvalue weighted by molar-refractivity contribution is 5.84.